The smallest absolute Gasteiger partial charge is 0.249 e. The number of rotatable bonds is 4. The van der Waals surface area contributed by atoms with E-state index in [4.69, 9.17) is 4.42 Å². The Kier molecular flexibility index (Phi) is 3.55. The number of hydrogen-bond acceptors (Lipinski definition) is 4. The molecule has 4 rings (SSSR count). The first kappa shape index (κ1) is 14.2. The molecule has 0 spiro atoms. The molecule has 24 heavy (non-hydrogen) atoms. The summed E-state index contributed by atoms with van der Waals surface area (Å²) in [6.07, 6.45) is 3.53. The Bertz CT molecular complexity index is 975. The van der Waals surface area contributed by atoms with Crippen molar-refractivity contribution in [2.24, 2.45) is 0 Å². The minimum Gasteiger partial charge on any atom is -0.472 e. The molecule has 1 aromatic carbocycles. The Morgan fingerprint density at radius 3 is 2.75 bits per heavy atom. The van der Waals surface area contributed by atoms with Crippen LogP contribution >= 0.6 is 0 Å². The predicted molar refractivity (Wildman–Crippen MR) is 89.5 cm³/mol. The third kappa shape index (κ3) is 2.77. The number of aromatic nitrogens is 3. The van der Waals surface area contributed by atoms with Gasteiger partial charge in [0.1, 0.15) is 0 Å². The SMILES string of the molecule is O=C(Cc1ccccc1)Nc1nc2cccc(-c3ccoc3)n2n1. The lowest BCUT2D eigenvalue weighted by molar-refractivity contribution is -0.115. The van der Waals surface area contributed by atoms with Crippen molar-refractivity contribution in [1.82, 2.24) is 14.6 Å². The first-order chi connectivity index (χ1) is 11.8. The summed E-state index contributed by atoms with van der Waals surface area (Å²) in [4.78, 5) is 16.5. The fourth-order valence-electron chi connectivity index (χ4n) is 2.54. The molecule has 0 saturated carbocycles. The lowest BCUT2D eigenvalue weighted by Crippen LogP contribution is -2.15. The molecule has 0 atom stereocenters. The maximum atomic E-state index is 12.2. The van der Waals surface area contributed by atoms with Crippen LogP contribution in [0.25, 0.3) is 16.9 Å². The Hall–Kier alpha value is -3.41. The lowest BCUT2D eigenvalue weighted by Gasteiger charge is -2.01. The van der Waals surface area contributed by atoms with E-state index in [9.17, 15) is 4.79 Å². The number of carbonyl (C=O) groups excluding carboxylic acids is 1. The van der Waals surface area contributed by atoms with E-state index in [1.165, 1.54) is 0 Å². The van der Waals surface area contributed by atoms with Gasteiger partial charge >= 0.3 is 0 Å². The fraction of sp³-hybridized carbons (Fsp3) is 0.0556. The van der Waals surface area contributed by atoms with Crippen LogP contribution in [0.5, 0.6) is 0 Å². The maximum Gasteiger partial charge on any atom is 0.249 e. The van der Waals surface area contributed by atoms with Gasteiger partial charge in [-0.2, -0.15) is 4.98 Å². The number of carbonyl (C=O) groups is 1. The summed E-state index contributed by atoms with van der Waals surface area (Å²) in [5, 5.41) is 7.13. The number of nitrogens with zero attached hydrogens (tertiary/aromatic N) is 3. The number of fused-ring (bicyclic) bond motifs is 1. The molecule has 3 aromatic heterocycles. The van der Waals surface area contributed by atoms with Crippen LogP contribution in [0.15, 0.2) is 71.5 Å². The lowest BCUT2D eigenvalue weighted by atomic mass is 10.1. The van der Waals surface area contributed by atoms with Gasteiger partial charge in [0.15, 0.2) is 5.65 Å². The fourth-order valence-corrected chi connectivity index (χ4v) is 2.54. The van der Waals surface area contributed by atoms with Crippen LogP contribution in [-0.4, -0.2) is 20.5 Å². The van der Waals surface area contributed by atoms with Crippen LogP contribution in [0, 0.1) is 0 Å². The summed E-state index contributed by atoms with van der Waals surface area (Å²) in [7, 11) is 0. The van der Waals surface area contributed by atoms with Gasteiger partial charge in [0.25, 0.3) is 0 Å². The van der Waals surface area contributed by atoms with Gasteiger partial charge in [0.05, 0.1) is 24.6 Å². The van der Waals surface area contributed by atoms with Crippen molar-refractivity contribution in [3.05, 3.63) is 72.7 Å². The van der Waals surface area contributed by atoms with E-state index in [0.29, 0.717) is 5.65 Å². The third-order valence-electron chi connectivity index (χ3n) is 3.64. The number of amides is 1. The van der Waals surface area contributed by atoms with E-state index in [1.807, 2.05) is 54.6 Å². The molecule has 0 radical (unpaired) electrons. The molecule has 0 aliphatic rings. The van der Waals surface area contributed by atoms with Crippen LogP contribution < -0.4 is 5.32 Å². The molecular weight excluding hydrogens is 304 g/mol. The highest BCUT2D eigenvalue weighted by Gasteiger charge is 2.12. The number of anilines is 1. The predicted octanol–water partition coefficient (Wildman–Crippen LogP) is 3.17. The van der Waals surface area contributed by atoms with E-state index in [2.05, 4.69) is 15.4 Å². The molecule has 6 nitrogen and oxygen atoms in total. The Morgan fingerprint density at radius 1 is 1.08 bits per heavy atom. The van der Waals surface area contributed by atoms with Crippen molar-refractivity contribution in [3.8, 4) is 11.3 Å². The van der Waals surface area contributed by atoms with Gasteiger partial charge in [-0.1, -0.05) is 36.4 Å². The van der Waals surface area contributed by atoms with E-state index in [-0.39, 0.29) is 18.3 Å². The second kappa shape index (κ2) is 6.00. The average molecular weight is 318 g/mol. The van der Waals surface area contributed by atoms with Gasteiger partial charge in [0, 0.05) is 5.56 Å². The van der Waals surface area contributed by atoms with Gasteiger partial charge in [-0.05, 0) is 23.8 Å². The first-order valence-corrected chi connectivity index (χ1v) is 7.52. The van der Waals surface area contributed by atoms with Crippen LogP contribution in [0.2, 0.25) is 0 Å². The van der Waals surface area contributed by atoms with Gasteiger partial charge in [0.2, 0.25) is 11.9 Å². The normalized spacial score (nSPS) is 10.8. The number of benzene rings is 1. The minimum absolute atomic E-state index is 0.151. The summed E-state index contributed by atoms with van der Waals surface area (Å²) < 4.78 is 6.81. The third-order valence-corrected chi connectivity index (χ3v) is 3.64. The molecule has 0 bridgehead atoms. The van der Waals surface area contributed by atoms with Crippen molar-refractivity contribution < 1.29 is 9.21 Å². The van der Waals surface area contributed by atoms with Gasteiger partial charge in [-0.25, -0.2) is 4.52 Å². The van der Waals surface area contributed by atoms with E-state index >= 15 is 0 Å². The number of nitrogens with one attached hydrogen (secondary N) is 1. The van der Waals surface area contributed by atoms with E-state index < -0.39 is 0 Å². The largest absolute Gasteiger partial charge is 0.472 e. The molecule has 1 amide bonds. The Labute approximate surface area is 137 Å². The van der Waals surface area contributed by atoms with Crippen LogP contribution in [0.3, 0.4) is 0 Å². The summed E-state index contributed by atoms with van der Waals surface area (Å²) >= 11 is 0. The molecule has 6 heteroatoms. The second-order valence-corrected chi connectivity index (χ2v) is 5.34. The van der Waals surface area contributed by atoms with Crippen molar-refractivity contribution in [1.29, 1.82) is 0 Å². The molecule has 0 aliphatic heterocycles. The standard InChI is InChI=1S/C18H14N4O2/c23-17(11-13-5-2-1-3-6-13)20-18-19-16-8-4-7-15(22(16)21-18)14-9-10-24-12-14/h1-10,12H,11H2,(H,20,21,23). The summed E-state index contributed by atoms with van der Waals surface area (Å²) in [5.41, 5.74) is 3.34. The molecule has 0 aliphatic carbocycles. The minimum atomic E-state index is -0.151. The quantitative estimate of drug-likeness (QED) is 0.627. The van der Waals surface area contributed by atoms with Crippen LogP contribution in [0.4, 0.5) is 5.95 Å². The zero-order chi connectivity index (χ0) is 16.4. The summed E-state index contributed by atoms with van der Waals surface area (Å²) in [6, 6.07) is 17.0. The van der Waals surface area contributed by atoms with Gasteiger partial charge in [-0.3, -0.25) is 10.1 Å². The molecule has 118 valence electrons. The van der Waals surface area contributed by atoms with Gasteiger partial charge in [-0.15, -0.1) is 5.10 Å². The second-order valence-electron chi connectivity index (χ2n) is 5.34. The number of furan rings is 1. The van der Waals surface area contributed by atoms with Crippen molar-refractivity contribution in [3.63, 3.8) is 0 Å². The zero-order valence-corrected chi connectivity index (χ0v) is 12.7. The van der Waals surface area contributed by atoms with Gasteiger partial charge < -0.3 is 4.42 Å². The summed E-state index contributed by atoms with van der Waals surface area (Å²) in [6.45, 7) is 0. The number of hydrogen-bond donors (Lipinski definition) is 1. The first-order valence-electron chi connectivity index (χ1n) is 7.52. The maximum absolute atomic E-state index is 12.2. The molecule has 3 heterocycles. The molecule has 0 unspecified atom stereocenters. The highest BCUT2D eigenvalue weighted by molar-refractivity contribution is 5.90. The Morgan fingerprint density at radius 2 is 1.96 bits per heavy atom. The van der Waals surface area contributed by atoms with E-state index in [0.717, 1.165) is 16.8 Å². The monoisotopic (exact) mass is 318 g/mol. The van der Waals surface area contributed by atoms with Crippen molar-refractivity contribution in [2.45, 2.75) is 6.42 Å². The number of pyridine rings is 1. The Balaban J connectivity index is 1.59. The molecular formula is C18H14N4O2. The average Bonchev–Trinajstić information content (AvgIpc) is 3.24. The highest BCUT2D eigenvalue weighted by Crippen LogP contribution is 2.21. The van der Waals surface area contributed by atoms with Crippen LogP contribution in [-0.2, 0) is 11.2 Å². The summed E-state index contributed by atoms with van der Waals surface area (Å²) in [5.74, 6) is 0.133. The van der Waals surface area contributed by atoms with E-state index in [1.54, 1.807) is 17.0 Å². The molecule has 0 fully saturated rings. The molecule has 4 aromatic rings. The van der Waals surface area contributed by atoms with Crippen molar-refractivity contribution in [2.75, 3.05) is 5.32 Å². The topological polar surface area (TPSA) is 72.4 Å². The molecule has 0 saturated heterocycles. The van der Waals surface area contributed by atoms with Crippen molar-refractivity contribution >= 4 is 17.5 Å². The molecule has 1 N–H and O–H groups in total. The van der Waals surface area contributed by atoms with Crippen LogP contribution in [0.1, 0.15) is 5.56 Å². The highest BCUT2D eigenvalue weighted by atomic mass is 16.3. The zero-order valence-electron chi connectivity index (χ0n) is 12.7.